The Morgan fingerprint density at radius 3 is 2.55 bits per heavy atom. The number of unbranched alkanes of at least 4 members (excludes halogenated alkanes) is 2. The van der Waals surface area contributed by atoms with Crippen molar-refractivity contribution >= 4 is 11.9 Å². The van der Waals surface area contributed by atoms with E-state index in [-0.39, 0.29) is 25.5 Å². The quantitative estimate of drug-likeness (QED) is 0.533. The fraction of sp³-hybridized carbons (Fsp3) is 0.529. The van der Waals surface area contributed by atoms with Crippen molar-refractivity contribution in [3.8, 4) is 5.75 Å². The average molecular weight is 307 g/mol. The van der Waals surface area contributed by atoms with Crippen LogP contribution in [0.4, 0.5) is 0 Å². The minimum atomic E-state index is -0.434. The van der Waals surface area contributed by atoms with Gasteiger partial charge in [0.25, 0.3) is 5.91 Å². The maximum Gasteiger partial charge on any atom is 0.309 e. The number of ether oxygens (including phenoxy) is 2. The molecular weight excluding hydrogens is 282 g/mol. The summed E-state index contributed by atoms with van der Waals surface area (Å²) in [4.78, 5) is 22.9. The smallest absolute Gasteiger partial charge is 0.309 e. The summed E-state index contributed by atoms with van der Waals surface area (Å²) in [6.07, 6.45) is 3.25. The van der Waals surface area contributed by atoms with Gasteiger partial charge in [0, 0.05) is 6.54 Å². The van der Waals surface area contributed by atoms with Gasteiger partial charge in [-0.2, -0.15) is 0 Å². The van der Waals surface area contributed by atoms with E-state index >= 15 is 0 Å². The molecule has 0 unspecified atom stereocenters. The van der Waals surface area contributed by atoms with Gasteiger partial charge in [0.1, 0.15) is 5.75 Å². The molecule has 5 heteroatoms. The number of carbonyl (C=O) groups excluding carboxylic acids is 2. The van der Waals surface area contributed by atoms with E-state index in [1.807, 2.05) is 31.2 Å². The van der Waals surface area contributed by atoms with Crippen molar-refractivity contribution in [2.45, 2.75) is 39.5 Å². The van der Waals surface area contributed by atoms with E-state index < -0.39 is 5.97 Å². The Hall–Kier alpha value is -2.04. The number of esters is 1. The molecule has 1 aromatic rings. The van der Waals surface area contributed by atoms with E-state index in [1.165, 1.54) is 0 Å². The van der Waals surface area contributed by atoms with Crippen molar-refractivity contribution in [3.05, 3.63) is 29.8 Å². The Morgan fingerprint density at radius 2 is 1.86 bits per heavy atom. The highest BCUT2D eigenvalue weighted by molar-refractivity contribution is 5.80. The van der Waals surface area contributed by atoms with Crippen LogP contribution < -0.4 is 10.1 Å². The van der Waals surface area contributed by atoms with E-state index in [4.69, 9.17) is 9.47 Å². The molecule has 1 aromatic carbocycles. The molecule has 1 rings (SSSR count). The molecule has 0 aromatic heterocycles. The zero-order valence-corrected chi connectivity index (χ0v) is 13.4. The summed E-state index contributed by atoms with van der Waals surface area (Å²) in [5.41, 5.74) is 1.15. The summed E-state index contributed by atoms with van der Waals surface area (Å²) in [6.45, 7) is 4.73. The number of amides is 1. The van der Waals surface area contributed by atoms with Gasteiger partial charge in [-0.15, -0.1) is 0 Å². The number of carbonyl (C=O) groups is 2. The van der Waals surface area contributed by atoms with E-state index in [2.05, 4.69) is 12.2 Å². The number of benzene rings is 1. The van der Waals surface area contributed by atoms with Gasteiger partial charge in [-0.05, 0) is 25.5 Å². The van der Waals surface area contributed by atoms with Crippen LogP contribution in [-0.4, -0.2) is 31.6 Å². The van der Waals surface area contributed by atoms with Crippen LogP contribution in [0.5, 0.6) is 5.75 Å². The van der Waals surface area contributed by atoms with Crippen LogP contribution in [0.25, 0.3) is 0 Å². The lowest BCUT2D eigenvalue weighted by Crippen LogP contribution is -2.29. The second-order valence-corrected chi connectivity index (χ2v) is 5.13. The minimum absolute atomic E-state index is 0.122. The maximum absolute atomic E-state index is 11.5. The van der Waals surface area contributed by atoms with Crippen LogP contribution >= 0.6 is 0 Å². The van der Waals surface area contributed by atoms with Gasteiger partial charge < -0.3 is 14.8 Å². The zero-order valence-electron chi connectivity index (χ0n) is 13.4. The highest BCUT2D eigenvalue weighted by Gasteiger charge is 2.07. The molecule has 0 fully saturated rings. The molecule has 5 nitrogen and oxygen atoms in total. The number of hydrogen-bond acceptors (Lipinski definition) is 4. The molecular formula is C17H25NO4. The molecule has 0 aliphatic heterocycles. The zero-order chi connectivity index (χ0) is 16.2. The molecule has 0 aliphatic carbocycles. The second kappa shape index (κ2) is 10.7. The van der Waals surface area contributed by atoms with Crippen LogP contribution in [0.15, 0.2) is 24.3 Å². The van der Waals surface area contributed by atoms with E-state index in [1.54, 1.807) is 0 Å². The van der Waals surface area contributed by atoms with Crippen LogP contribution in [0.1, 0.15) is 38.2 Å². The molecule has 0 bridgehead atoms. The number of nitrogens with one attached hydrogen (secondary N) is 1. The summed E-state index contributed by atoms with van der Waals surface area (Å²) in [5.74, 6) is 0.0202. The number of rotatable bonds is 10. The molecule has 0 heterocycles. The molecule has 0 aliphatic rings. The monoisotopic (exact) mass is 307 g/mol. The Morgan fingerprint density at radius 1 is 1.14 bits per heavy atom. The maximum atomic E-state index is 11.5. The van der Waals surface area contributed by atoms with E-state index in [9.17, 15) is 9.59 Å². The SMILES string of the molecule is CCCCCNC(=O)COC(=O)CCOc1ccc(C)cc1. The van der Waals surface area contributed by atoms with Crippen molar-refractivity contribution in [3.63, 3.8) is 0 Å². The van der Waals surface area contributed by atoms with Gasteiger partial charge in [0.2, 0.25) is 0 Å². The topological polar surface area (TPSA) is 64.6 Å². The first-order valence-electron chi connectivity index (χ1n) is 7.73. The predicted molar refractivity (Wildman–Crippen MR) is 84.8 cm³/mol. The first-order valence-corrected chi connectivity index (χ1v) is 7.73. The lowest BCUT2D eigenvalue weighted by molar-refractivity contribution is -0.149. The minimum Gasteiger partial charge on any atom is -0.493 e. The van der Waals surface area contributed by atoms with Crippen molar-refractivity contribution in [2.75, 3.05) is 19.8 Å². The molecule has 1 amide bonds. The standard InChI is InChI=1S/C17H25NO4/c1-3-4-5-11-18-16(19)13-22-17(20)10-12-21-15-8-6-14(2)7-9-15/h6-9H,3-5,10-13H2,1-2H3,(H,18,19). The van der Waals surface area contributed by atoms with Gasteiger partial charge in [0.05, 0.1) is 13.0 Å². The fourth-order valence-corrected chi connectivity index (χ4v) is 1.76. The first-order chi connectivity index (χ1) is 10.6. The molecule has 1 N–H and O–H groups in total. The summed E-state index contributed by atoms with van der Waals surface area (Å²) >= 11 is 0. The third-order valence-electron chi connectivity index (χ3n) is 3.06. The van der Waals surface area contributed by atoms with E-state index in [0.717, 1.165) is 24.8 Å². The van der Waals surface area contributed by atoms with Gasteiger partial charge in [0.15, 0.2) is 6.61 Å². The lowest BCUT2D eigenvalue weighted by Gasteiger charge is -2.08. The molecule has 0 radical (unpaired) electrons. The number of aryl methyl sites for hydroxylation is 1. The van der Waals surface area contributed by atoms with Crippen LogP contribution in [-0.2, 0) is 14.3 Å². The second-order valence-electron chi connectivity index (χ2n) is 5.13. The molecule has 0 saturated carbocycles. The third kappa shape index (κ3) is 8.29. The van der Waals surface area contributed by atoms with Gasteiger partial charge >= 0.3 is 5.97 Å². The molecule has 0 saturated heterocycles. The molecule has 0 atom stereocenters. The van der Waals surface area contributed by atoms with Crippen LogP contribution in [0, 0.1) is 6.92 Å². The summed E-state index contributed by atoms with van der Waals surface area (Å²) in [7, 11) is 0. The Balaban J connectivity index is 2.08. The van der Waals surface area contributed by atoms with Crippen LogP contribution in [0.2, 0.25) is 0 Å². The Bertz CT molecular complexity index is 456. The first kappa shape index (κ1) is 18.0. The Kier molecular flexibility index (Phi) is 8.72. The van der Waals surface area contributed by atoms with Crippen LogP contribution in [0.3, 0.4) is 0 Å². The Labute approximate surface area is 132 Å². The van der Waals surface area contributed by atoms with E-state index in [0.29, 0.717) is 12.3 Å². The van der Waals surface area contributed by atoms with Gasteiger partial charge in [-0.3, -0.25) is 9.59 Å². The summed E-state index contributed by atoms with van der Waals surface area (Å²) in [6, 6.07) is 7.59. The van der Waals surface area contributed by atoms with Gasteiger partial charge in [-0.25, -0.2) is 0 Å². The largest absolute Gasteiger partial charge is 0.493 e. The van der Waals surface area contributed by atoms with Gasteiger partial charge in [-0.1, -0.05) is 37.5 Å². The molecule has 0 spiro atoms. The highest BCUT2D eigenvalue weighted by atomic mass is 16.5. The normalized spacial score (nSPS) is 10.1. The average Bonchev–Trinajstić information content (AvgIpc) is 2.51. The van der Waals surface area contributed by atoms with Crippen molar-refractivity contribution < 1.29 is 19.1 Å². The summed E-state index contributed by atoms with van der Waals surface area (Å²) < 4.78 is 10.3. The number of hydrogen-bond donors (Lipinski definition) is 1. The van der Waals surface area contributed by atoms with Crippen molar-refractivity contribution in [1.82, 2.24) is 5.32 Å². The lowest BCUT2D eigenvalue weighted by atomic mass is 10.2. The summed E-state index contributed by atoms with van der Waals surface area (Å²) in [5, 5.41) is 2.71. The van der Waals surface area contributed by atoms with Crippen molar-refractivity contribution in [1.29, 1.82) is 0 Å². The molecule has 22 heavy (non-hydrogen) atoms. The fourth-order valence-electron chi connectivity index (χ4n) is 1.76. The highest BCUT2D eigenvalue weighted by Crippen LogP contribution is 2.11. The predicted octanol–water partition coefficient (Wildman–Crippen LogP) is 2.61. The molecule has 122 valence electrons. The van der Waals surface area contributed by atoms with Crippen molar-refractivity contribution in [2.24, 2.45) is 0 Å². The third-order valence-corrected chi connectivity index (χ3v) is 3.06.